The Balaban J connectivity index is 0.00000324. The van der Waals surface area contributed by atoms with Gasteiger partial charge in [-0.1, -0.05) is 27.7 Å². The van der Waals surface area contributed by atoms with Gasteiger partial charge in [-0.25, -0.2) is 0 Å². The number of nitrogens with one attached hydrogen (secondary N) is 1. The van der Waals surface area contributed by atoms with Crippen LogP contribution in [-0.4, -0.2) is 31.3 Å². The van der Waals surface area contributed by atoms with Crippen molar-refractivity contribution in [3.05, 3.63) is 0 Å². The molecule has 0 amide bonds. The Labute approximate surface area is 135 Å². The number of halogens is 1. The fourth-order valence-corrected chi connectivity index (χ4v) is 2.39. The number of ether oxygens (including phenoxy) is 1. The van der Waals surface area contributed by atoms with Gasteiger partial charge in [0.1, 0.15) is 0 Å². The third-order valence-corrected chi connectivity index (χ3v) is 4.59. The lowest BCUT2D eigenvalue weighted by Crippen LogP contribution is -2.69. The van der Waals surface area contributed by atoms with E-state index in [1.807, 2.05) is 0 Å². The summed E-state index contributed by atoms with van der Waals surface area (Å²) in [5, 5.41) is 3.32. The highest BCUT2D eigenvalue weighted by Gasteiger charge is 2.57. The van der Waals surface area contributed by atoms with Gasteiger partial charge in [-0.2, -0.15) is 0 Å². The van der Waals surface area contributed by atoms with Crippen molar-refractivity contribution in [2.45, 2.75) is 59.1 Å². The minimum atomic E-state index is -0.0666. The van der Waals surface area contributed by atoms with Crippen LogP contribution >= 0.6 is 24.0 Å². The van der Waals surface area contributed by atoms with Gasteiger partial charge in [0.25, 0.3) is 0 Å². The molecule has 3 N–H and O–H groups in total. The number of methoxy groups -OCH3 is 1. The van der Waals surface area contributed by atoms with Crippen molar-refractivity contribution in [2.75, 3.05) is 13.7 Å². The highest BCUT2D eigenvalue weighted by Crippen LogP contribution is 2.51. The number of aliphatic imine (C=N–C) groups is 1. The van der Waals surface area contributed by atoms with Crippen LogP contribution in [0.15, 0.2) is 4.99 Å². The number of hydrogen-bond donors (Lipinski definition) is 2. The number of hydrogen-bond acceptors (Lipinski definition) is 2. The zero-order valence-electron chi connectivity index (χ0n) is 13.1. The van der Waals surface area contributed by atoms with Crippen molar-refractivity contribution in [2.24, 2.45) is 22.1 Å². The molecule has 0 heterocycles. The predicted molar refractivity (Wildman–Crippen MR) is 92.1 cm³/mol. The maximum absolute atomic E-state index is 5.92. The fourth-order valence-electron chi connectivity index (χ4n) is 2.39. The first-order valence-electron chi connectivity index (χ1n) is 6.84. The minimum absolute atomic E-state index is 0. The van der Waals surface area contributed by atoms with Crippen LogP contribution in [-0.2, 0) is 4.74 Å². The van der Waals surface area contributed by atoms with Gasteiger partial charge in [-0.15, -0.1) is 24.0 Å². The smallest absolute Gasteiger partial charge is 0.188 e. The van der Waals surface area contributed by atoms with Crippen LogP contribution in [0.25, 0.3) is 0 Å². The molecule has 0 aromatic heterocycles. The normalized spacial score (nSPS) is 29.6. The van der Waals surface area contributed by atoms with Gasteiger partial charge >= 0.3 is 0 Å². The third-order valence-electron chi connectivity index (χ3n) is 4.59. The summed E-state index contributed by atoms with van der Waals surface area (Å²) < 4.78 is 5.59. The largest absolute Gasteiger partial charge is 0.378 e. The van der Waals surface area contributed by atoms with E-state index in [-0.39, 0.29) is 35.0 Å². The van der Waals surface area contributed by atoms with Gasteiger partial charge in [0.2, 0.25) is 0 Å². The van der Waals surface area contributed by atoms with Crippen LogP contribution in [0.1, 0.15) is 47.5 Å². The summed E-state index contributed by atoms with van der Waals surface area (Å²) in [4.78, 5) is 4.37. The summed E-state index contributed by atoms with van der Waals surface area (Å²) in [6.07, 6.45) is 2.04. The summed E-state index contributed by atoms with van der Waals surface area (Å²) in [5.74, 6) is 1.23. The molecule has 0 bridgehead atoms. The lowest BCUT2D eigenvalue weighted by Gasteiger charge is -2.59. The first-order chi connectivity index (χ1) is 8.23. The zero-order chi connectivity index (χ0) is 14.0. The van der Waals surface area contributed by atoms with Gasteiger partial charge < -0.3 is 15.8 Å². The summed E-state index contributed by atoms with van der Waals surface area (Å²) in [6, 6.07) is 0.338. The van der Waals surface area contributed by atoms with Crippen molar-refractivity contribution in [1.82, 2.24) is 5.32 Å². The van der Waals surface area contributed by atoms with Gasteiger partial charge in [-0.05, 0) is 25.7 Å². The van der Waals surface area contributed by atoms with Crippen LogP contribution in [0.5, 0.6) is 0 Å². The van der Waals surface area contributed by atoms with Crippen LogP contribution in [0.2, 0.25) is 0 Å². The van der Waals surface area contributed by atoms with Crippen LogP contribution in [0.3, 0.4) is 0 Å². The molecule has 1 aliphatic rings. The van der Waals surface area contributed by atoms with Gasteiger partial charge in [-0.3, -0.25) is 4.99 Å². The second kappa shape index (κ2) is 7.11. The maximum Gasteiger partial charge on any atom is 0.188 e. The summed E-state index contributed by atoms with van der Waals surface area (Å²) in [5.41, 5.74) is 5.92. The topological polar surface area (TPSA) is 59.6 Å². The minimum Gasteiger partial charge on any atom is -0.378 e. The highest BCUT2D eigenvalue weighted by atomic mass is 127. The van der Waals surface area contributed by atoms with E-state index in [9.17, 15) is 0 Å². The van der Waals surface area contributed by atoms with Crippen molar-refractivity contribution in [3.63, 3.8) is 0 Å². The molecule has 1 saturated carbocycles. The van der Waals surface area contributed by atoms with E-state index in [0.717, 1.165) is 19.4 Å². The highest BCUT2D eigenvalue weighted by molar-refractivity contribution is 14.0. The van der Waals surface area contributed by atoms with Crippen LogP contribution in [0, 0.1) is 11.3 Å². The molecule has 4 nitrogen and oxygen atoms in total. The lowest BCUT2D eigenvalue weighted by molar-refractivity contribution is -0.176. The number of nitrogens with two attached hydrogens (primary N) is 1. The SMILES string of the molecule is COC1(C)CC(NC(N)=NCCC(C)C)C1(C)C.I. The van der Waals surface area contributed by atoms with E-state index in [1.54, 1.807) is 7.11 Å². The Morgan fingerprint density at radius 1 is 1.42 bits per heavy atom. The lowest BCUT2D eigenvalue weighted by atomic mass is 9.56. The summed E-state index contributed by atoms with van der Waals surface area (Å²) in [7, 11) is 1.78. The Morgan fingerprint density at radius 2 is 2.00 bits per heavy atom. The Bertz CT molecular complexity index is 318. The van der Waals surface area contributed by atoms with Crippen molar-refractivity contribution in [1.29, 1.82) is 0 Å². The molecule has 114 valence electrons. The molecule has 1 rings (SSSR count). The second-order valence-electron chi connectivity index (χ2n) is 6.51. The molecule has 0 aliphatic heterocycles. The van der Waals surface area contributed by atoms with Crippen molar-refractivity contribution >= 4 is 29.9 Å². The van der Waals surface area contributed by atoms with E-state index in [2.05, 4.69) is 44.9 Å². The second-order valence-corrected chi connectivity index (χ2v) is 6.51. The average Bonchev–Trinajstić information content (AvgIpc) is 2.27. The molecule has 0 aromatic carbocycles. The zero-order valence-corrected chi connectivity index (χ0v) is 15.4. The van der Waals surface area contributed by atoms with Crippen molar-refractivity contribution in [3.8, 4) is 0 Å². The fraction of sp³-hybridized carbons (Fsp3) is 0.929. The molecule has 5 heteroatoms. The van der Waals surface area contributed by atoms with Gasteiger partial charge in [0, 0.05) is 25.1 Å². The predicted octanol–water partition coefficient (Wildman–Crippen LogP) is 2.76. The Hall–Kier alpha value is -0.0400. The van der Waals surface area contributed by atoms with E-state index in [4.69, 9.17) is 10.5 Å². The molecular formula is C14H30IN3O. The molecule has 1 fully saturated rings. The van der Waals surface area contributed by atoms with Crippen molar-refractivity contribution < 1.29 is 4.74 Å². The average molecular weight is 383 g/mol. The van der Waals surface area contributed by atoms with E-state index in [1.165, 1.54) is 0 Å². The summed E-state index contributed by atoms with van der Waals surface area (Å²) in [6.45, 7) is 11.7. The number of nitrogens with zero attached hydrogens (tertiary/aromatic N) is 1. The quantitative estimate of drug-likeness (QED) is 0.436. The number of rotatable bonds is 5. The molecule has 1 aliphatic carbocycles. The first-order valence-corrected chi connectivity index (χ1v) is 6.84. The Morgan fingerprint density at radius 3 is 2.42 bits per heavy atom. The molecule has 2 atom stereocenters. The summed E-state index contributed by atoms with van der Waals surface area (Å²) >= 11 is 0. The van der Waals surface area contributed by atoms with E-state index < -0.39 is 0 Å². The third kappa shape index (κ3) is 4.21. The van der Waals surface area contributed by atoms with E-state index >= 15 is 0 Å². The standard InChI is InChI=1S/C14H29N3O.HI/c1-10(2)7-8-16-12(15)17-11-9-14(5,18-6)13(11,3)4;/h10-11H,7-9H2,1-6H3,(H3,15,16,17);1H. The van der Waals surface area contributed by atoms with Gasteiger partial charge in [0.15, 0.2) is 5.96 Å². The Kier molecular flexibility index (Phi) is 7.09. The molecule has 0 spiro atoms. The van der Waals surface area contributed by atoms with Crippen LogP contribution < -0.4 is 11.1 Å². The monoisotopic (exact) mass is 383 g/mol. The maximum atomic E-state index is 5.92. The molecule has 0 aromatic rings. The number of guanidine groups is 1. The molecule has 0 radical (unpaired) electrons. The molecular weight excluding hydrogens is 353 g/mol. The molecule has 19 heavy (non-hydrogen) atoms. The van der Waals surface area contributed by atoms with E-state index in [0.29, 0.717) is 17.9 Å². The molecule has 2 unspecified atom stereocenters. The molecule has 0 saturated heterocycles. The van der Waals surface area contributed by atoms with Gasteiger partial charge in [0.05, 0.1) is 5.60 Å². The van der Waals surface area contributed by atoms with Crippen LogP contribution in [0.4, 0.5) is 0 Å². The first kappa shape index (κ1) is 19.0.